The van der Waals surface area contributed by atoms with E-state index in [0.29, 0.717) is 19.8 Å². The van der Waals surface area contributed by atoms with Gasteiger partial charge in [-0.3, -0.25) is 4.79 Å². The zero-order chi connectivity index (χ0) is 12.5. The van der Waals surface area contributed by atoms with Crippen LogP contribution < -0.4 is 10.1 Å². The van der Waals surface area contributed by atoms with Gasteiger partial charge in [-0.2, -0.15) is 0 Å². The van der Waals surface area contributed by atoms with E-state index >= 15 is 0 Å². The molecule has 0 heterocycles. The predicted molar refractivity (Wildman–Crippen MR) is 65.9 cm³/mol. The minimum Gasteiger partial charge on any atom is -0.497 e. The lowest BCUT2D eigenvalue weighted by molar-refractivity contribution is -0.116. The fourth-order valence-electron chi connectivity index (χ4n) is 1.27. The number of hydrogen-bond donors (Lipinski definition) is 1. The second kappa shape index (κ2) is 7.46. The van der Waals surface area contributed by atoms with Crippen molar-refractivity contribution in [1.29, 1.82) is 0 Å². The van der Waals surface area contributed by atoms with Gasteiger partial charge in [-0.1, -0.05) is 18.7 Å². The minimum absolute atomic E-state index is 0.185. The Morgan fingerprint density at radius 2 is 2.35 bits per heavy atom. The molecule has 0 unspecified atom stereocenters. The van der Waals surface area contributed by atoms with E-state index in [9.17, 15) is 4.79 Å². The Labute approximate surface area is 101 Å². The SMILES string of the molecule is C=CC(=O)NCCOCc1cccc(OC)c1. The maximum Gasteiger partial charge on any atom is 0.243 e. The summed E-state index contributed by atoms with van der Waals surface area (Å²) >= 11 is 0. The quantitative estimate of drug-likeness (QED) is 0.575. The van der Waals surface area contributed by atoms with Gasteiger partial charge in [0.15, 0.2) is 0 Å². The van der Waals surface area contributed by atoms with Crippen molar-refractivity contribution >= 4 is 5.91 Å². The summed E-state index contributed by atoms with van der Waals surface area (Å²) in [6.07, 6.45) is 1.24. The van der Waals surface area contributed by atoms with Crippen molar-refractivity contribution in [1.82, 2.24) is 5.32 Å². The third kappa shape index (κ3) is 5.17. The molecule has 92 valence electrons. The van der Waals surface area contributed by atoms with Crippen LogP contribution >= 0.6 is 0 Å². The average Bonchev–Trinajstić information content (AvgIpc) is 2.38. The van der Waals surface area contributed by atoms with Gasteiger partial charge in [-0.05, 0) is 23.8 Å². The number of carbonyl (C=O) groups is 1. The number of rotatable bonds is 7. The molecule has 4 nitrogen and oxygen atoms in total. The highest BCUT2D eigenvalue weighted by Gasteiger charge is 1.97. The van der Waals surface area contributed by atoms with Crippen molar-refractivity contribution in [3.05, 3.63) is 42.5 Å². The van der Waals surface area contributed by atoms with Crippen LogP contribution in [0, 0.1) is 0 Å². The lowest BCUT2D eigenvalue weighted by Crippen LogP contribution is -2.25. The van der Waals surface area contributed by atoms with Crippen LogP contribution in [0.1, 0.15) is 5.56 Å². The largest absolute Gasteiger partial charge is 0.497 e. The fraction of sp³-hybridized carbons (Fsp3) is 0.308. The topological polar surface area (TPSA) is 47.6 Å². The molecule has 1 N–H and O–H groups in total. The first-order valence-electron chi connectivity index (χ1n) is 5.37. The van der Waals surface area contributed by atoms with Crippen molar-refractivity contribution in [2.24, 2.45) is 0 Å². The van der Waals surface area contributed by atoms with Gasteiger partial charge in [0.2, 0.25) is 5.91 Å². The molecule has 1 rings (SSSR count). The first-order chi connectivity index (χ1) is 8.26. The monoisotopic (exact) mass is 235 g/mol. The summed E-state index contributed by atoms with van der Waals surface area (Å²) < 4.78 is 10.5. The van der Waals surface area contributed by atoms with Gasteiger partial charge >= 0.3 is 0 Å². The van der Waals surface area contributed by atoms with E-state index in [1.165, 1.54) is 6.08 Å². The molecule has 1 amide bonds. The Bertz CT molecular complexity index is 377. The molecule has 0 bridgehead atoms. The Hall–Kier alpha value is -1.81. The summed E-state index contributed by atoms with van der Waals surface area (Å²) in [7, 11) is 1.63. The molecule has 0 aliphatic rings. The van der Waals surface area contributed by atoms with Gasteiger partial charge in [-0.25, -0.2) is 0 Å². The predicted octanol–water partition coefficient (Wildman–Crippen LogP) is 1.51. The van der Waals surface area contributed by atoms with Crippen molar-refractivity contribution in [2.75, 3.05) is 20.3 Å². The fourth-order valence-corrected chi connectivity index (χ4v) is 1.27. The van der Waals surface area contributed by atoms with Gasteiger partial charge in [0.1, 0.15) is 5.75 Å². The normalized spacial score (nSPS) is 9.71. The number of ether oxygens (including phenoxy) is 2. The van der Waals surface area contributed by atoms with E-state index in [1.807, 2.05) is 24.3 Å². The molecule has 0 radical (unpaired) electrons. The van der Waals surface area contributed by atoms with Gasteiger partial charge in [0, 0.05) is 6.54 Å². The zero-order valence-corrected chi connectivity index (χ0v) is 9.94. The van der Waals surface area contributed by atoms with Gasteiger partial charge in [0.25, 0.3) is 0 Å². The zero-order valence-electron chi connectivity index (χ0n) is 9.94. The molecular formula is C13H17NO3. The minimum atomic E-state index is -0.185. The Balaban J connectivity index is 2.21. The molecule has 1 aromatic rings. The lowest BCUT2D eigenvalue weighted by atomic mass is 10.2. The summed E-state index contributed by atoms with van der Waals surface area (Å²) in [5.74, 6) is 0.626. The van der Waals surface area contributed by atoms with Crippen molar-refractivity contribution in [2.45, 2.75) is 6.61 Å². The van der Waals surface area contributed by atoms with E-state index < -0.39 is 0 Å². The average molecular weight is 235 g/mol. The second-order valence-corrected chi connectivity index (χ2v) is 3.40. The van der Waals surface area contributed by atoms with E-state index in [0.717, 1.165) is 11.3 Å². The maximum absolute atomic E-state index is 10.8. The van der Waals surface area contributed by atoms with Crippen molar-refractivity contribution in [3.8, 4) is 5.75 Å². The van der Waals surface area contributed by atoms with Crippen LogP contribution in [-0.2, 0) is 16.1 Å². The van der Waals surface area contributed by atoms with E-state index in [4.69, 9.17) is 9.47 Å². The smallest absolute Gasteiger partial charge is 0.243 e. The van der Waals surface area contributed by atoms with Crippen LogP contribution in [0.15, 0.2) is 36.9 Å². The molecule has 0 saturated carbocycles. The molecule has 0 aliphatic carbocycles. The summed E-state index contributed by atoms with van der Waals surface area (Å²) in [4.78, 5) is 10.8. The first kappa shape index (κ1) is 13.3. The Morgan fingerprint density at radius 3 is 3.06 bits per heavy atom. The van der Waals surface area contributed by atoms with Crippen LogP contribution in [0.25, 0.3) is 0 Å². The number of methoxy groups -OCH3 is 1. The van der Waals surface area contributed by atoms with Crippen LogP contribution in [0.3, 0.4) is 0 Å². The molecule has 0 saturated heterocycles. The summed E-state index contributed by atoms with van der Waals surface area (Å²) in [5.41, 5.74) is 1.04. The van der Waals surface area contributed by atoms with Gasteiger partial charge in [0.05, 0.1) is 20.3 Å². The van der Waals surface area contributed by atoms with Gasteiger partial charge < -0.3 is 14.8 Å². The van der Waals surface area contributed by atoms with E-state index in [1.54, 1.807) is 7.11 Å². The molecule has 17 heavy (non-hydrogen) atoms. The highest BCUT2D eigenvalue weighted by atomic mass is 16.5. The Morgan fingerprint density at radius 1 is 1.53 bits per heavy atom. The highest BCUT2D eigenvalue weighted by molar-refractivity contribution is 5.86. The van der Waals surface area contributed by atoms with Crippen LogP contribution in [0.2, 0.25) is 0 Å². The molecule has 0 aliphatic heterocycles. The molecule has 0 atom stereocenters. The highest BCUT2D eigenvalue weighted by Crippen LogP contribution is 2.12. The summed E-state index contributed by atoms with van der Waals surface area (Å²) in [6.45, 7) is 4.81. The maximum atomic E-state index is 10.8. The lowest BCUT2D eigenvalue weighted by Gasteiger charge is -2.06. The van der Waals surface area contributed by atoms with Crippen LogP contribution in [-0.4, -0.2) is 26.2 Å². The van der Waals surface area contributed by atoms with Crippen molar-refractivity contribution < 1.29 is 14.3 Å². The molecule has 4 heteroatoms. The standard InChI is InChI=1S/C13H17NO3/c1-3-13(15)14-7-8-17-10-11-5-4-6-12(9-11)16-2/h3-6,9H,1,7-8,10H2,2H3,(H,14,15). The van der Waals surface area contributed by atoms with Crippen LogP contribution in [0.4, 0.5) is 0 Å². The van der Waals surface area contributed by atoms with E-state index in [2.05, 4.69) is 11.9 Å². The van der Waals surface area contributed by atoms with Crippen LogP contribution in [0.5, 0.6) is 5.75 Å². The number of nitrogens with one attached hydrogen (secondary N) is 1. The summed E-state index contributed by atoms with van der Waals surface area (Å²) in [6, 6.07) is 7.68. The summed E-state index contributed by atoms with van der Waals surface area (Å²) in [5, 5.41) is 2.63. The number of carbonyl (C=O) groups excluding carboxylic acids is 1. The molecule has 0 spiro atoms. The number of amides is 1. The third-order valence-corrected chi connectivity index (χ3v) is 2.13. The first-order valence-corrected chi connectivity index (χ1v) is 5.37. The third-order valence-electron chi connectivity index (χ3n) is 2.13. The Kier molecular flexibility index (Phi) is 5.82. The number of benzene rings is 1. The second-order valence-electron chi connectivity index (χ2n) is 3.40. The molecular weight excluding hydrogens is 218 g/mol. The van der Waals surface area contributed by atoms with Gasteiger partial charge in [-0.15, -0.1) is 0 Å². The van der Waals surface area contributed by atoms with E-state index in [-0.39, 0.29) is 5.91 Å². The molecule has 1 aromatic carbocycles. The number of hydrogen-bond acceptors (Lipinski definition) is 3. The molecule has 0 aromatic heterocycles. The van der Waals surface area contributed by atoms with Crippen molar-refractivity contribution in [3.63, 3.8) is 0 Å². The molecule has 0 fully saturated rings.